The Morgan fingerprint density at radius 2 is 2.25 bits per heavy atom. The molecule has 16 heavy (non-hydrogen) atoms. The summed E-state index contributed by atoms with van der Waals surface area (Å²) in [6, 6.07) is 4.98. The van der Waals surface area contributed by atoms with Gasteiger partial charge in [0.05, 0.1) is 19.3 Å². The quantitative estimate of drug-likeness (QED) is 0.859. The topological polar surface area (TPSA) is 38.0 Å². The molecule has 0 saturated heterocycles. The van der Waals surface area contributed by atoms with Crippen molar-refractivity contribution in [3.05, 3.63) is 42.0 Å². The maximum Gasteiger partial charge on any atom is 0.126 e. The van der Waals surface area contributed by atoms with Crippen LogP contribution in [0.25, 0.3) is 11.1 Å². The minimum absolute atomic E-state index is 0.0449. The molecule has 0 fully saturated rings. The van der Waals surface area contributed by atoms with Crippen LogP contribution in [-0.4, -0.2) is 21.5 Å². The predicted octanol–water partition coefficient (Wildman–Crippen LogP) is 1.99. The molecule has 0 atom stereocenters. The molecule has 4 heteroatoms. The number of aromatic nitrogens is 2. The summed E-state index contributed by atoms with van der Waals surface area (Å²) < 4.78 is 15.0. The fourth-order valence-electron chi connectivity index (χ4n) is 1.65. The summed E-state index contributed by atoms with van der Waals surface area (Å²) in [6.45, 7) is 2.24. The third-order valence-electron chi connectivity index (χ3n) is 2.54. The van der Waals surface area contributed by atoms with Crippen LogP contribution in [0.4, 0.5) is 4.39 Å². The van der Waals surface area contributed by atoms with Crippen molar-refractivity contribution in [3.63, 3.8) is 0 Å². The van der Waals surface area contributed by atoms with Crippen LogP contribution in [0.3, 0.4) is 0 Å². The van der Waals surface area contributed by atoms with Crippen LogP contribution in [0, 0.1) is 12.7 Å². The second-order valence-electron chi connectivity index (χ2n) is 3.63. The molecule has 0 amide bonds. The summed E-state index contributed by atoms with van der Waals surface area (Å²) >= 11 is 0. The van der Waals surface area contributed by atoms with Gasteiger partial charge in [-0.3, -0.25) is 4.68 Å². The maximum absolute atomic E-state index is 13.4. The molecule has 0 spiro atoms. The van der Waals surface area contributed by atoms with Gasteiger partial charge in [0.1, 0.15) is 5.82 Å². The number of nitrogens with zero attached hydrogens (tertiary/aromatic N) is 2. The molecular weight excluding hydrogens is 207 g/mol. The summed E-state index contributed by atoms with van der Waals surface area (Å²) in [5, 5.41) is 12.9. The number of aliphatic hydroxyl groups excluding tert-OH is 1. The third kappa shape index (κ3) is 1.97. The zero-order valence-corrected chi connectivity index (χ0v) is 9.02. The molecule has 0 radical (unpaired) electrons. The Balaban J connectivity index is 2.39. The van der Waals surface area contributed by atoms with E-state index in [1.165, 1.54) is 6.07 Å². The van der Waals surface area contributed by atoms with Crippen molar-refractivity contribution in [2.24, 2.45) is 0 Å². The van der Waals surface area contributed by atoms with Gasteiger partial charge < -0.3 is 5.11 Å². The van der Waals surface area contributed by atoms with Crippen molar-refractivity contribution in [1.82, 2.24) is 9.78 Å². The zero-order valence-electron chi connectivity index (χ0n) is 9.02. The van der Waals surface area contributed by atoms with E-state index in [-0.39, 0.29) is 12.4 Å². The van der Waals surface area contributed by atoms with Crippen molar-refractivity contribution in [3.8, 4) is 11.1 Å². The highest BCUT2D eigenvalue weighted by Gasteiger charge is 2.07. The Morgan fingerprint density at radius 3 is 3.00 bits per heavy atom. The van der Waals surface area contributed by atoms with Crippen molar-refractivity contribution in [2.75, 3.05) is 6.61 Å². The van der Waals surface area contributed by atoms with Gasteiger partial charge in [-0.2, -0.15) is 5.10 Å². The van der Waals surface area contributed by atoms with Gasteiger partial charge in [-0.25, -0.2) is 4.39 Å². The van der Waals surface area contributed by atoms with Crippen LogP contribution in [0.5, 0.6) is 0 Å². The highest BCUT2D eigenvalue weighted by atomic mass is 19.1. The van der Waals surface area contributed by atoms with Gasteiger partial charge in [-0.1, -0.05) is 12.1 Å². The average molecular weight is 220 g/mol. The molecule has 1 N–H and O–H groups in total. The second kappa shape index (κ2) is 4.45. The Labute approximate surface area is 93.2 Å². The predicted molar refractivity (Wildman–Crippen MR) is 59.4 cm³/mol. The molecule has 0 aliphatic rings. The van der Waals surface area contributed by atoms with Crippen molar-refractivity contribution in [2.45, 2.75) is 13.5 Å². The lowest BCUT2D eigenvalue weighted by atomic mass is 10.0. The average Bonchev–Trinajstić information content (AvgIpc) is 2.71. The summed E-state index contributed by atoms with van der Waals surface area (Å²) in [4.78, 5) is 0. The molecule has 84 valence electrons. The van der Waals surface area contributed by atoms with Gasteiger partial charge in [0.15, 0.2) is 0 Å². The van der Waals surface area contributed by atoms with Gasteiger partial charge >= 0.3 is 0 Å². The Hall–Kier alpha value is -1.68. The standard InChI is InChI=1S/C12H13FN2O/c1-9-11(3-2-4-12(9)13)10-7-14-15(8-10)5-6-16/h2-4,7-8,16H,5-6H2,1H3. The first kappa shape index (κ1) is 10.8. The molecule has 1 heterocycles. The molecule has 0 bridgehead atoms. The van der Waals surface area contributed by atoms with E-state index in [9.17, 15) is 4.39 Å². The molecule has 0 aliphatic carbocycles. The maximum atomic E-state index is 13.4. The smallest absolute Gasteiger partial charge is 0.126 e. The van der Waals surface area contributed by atoms with E-state index in [0.29, 0.717) is 12.1 Å². The lowest BCUT2D eigenvalue weighted by Gasteiger charge is -2.03. The summed E-state index contributed by atoms with van der Waals surface area (Å²) in [6.07, 6.45) is 3.48. The molecule has 0 unspecified atom stereocenters. The van der Waals surface area contributed by atoms with Gasteiger partial charge in [0, 0.05) is 11.8 Å². The van der Waals surface area contributed by atoms with Gasteiger partial charge in [0.2, 0.25) is 0 Å². The van der Waals surface area contributed by atoms with Crippen LogP contribution in [0.15, 0.2) is 30.6 Å². The molecule has 2 rings (SSSR count). The van der Waals surface area contributed by atoms with Gasteiger partial charge in [-0.15, -0.1) is 0 Å². The SMILES string of the molecule is Cc1c(F)cccc1-c1cnn(CCO)c1. The first-order chi connectivity index (χ1) is 7.72. The fourth-order valence-corrected chi connectivity index (χ4v) is 1.65. The largest absolute Gasteiger partial charge is 0.394 e. The fraction of sp³-hybridized carbons (Fsp3) is 0.250. The van der Waals surface area contributed by atoms with Crippen LogP contribution in [-0.2, 0) is 6.54 Å². The van der Waals surface area contributed by atoms with E-state index in [0.717, 1.165) is 11.1 Å². The summed E-state index contributed by atoms with van der Waals surface area (Å²) in [5.41, 5.74) is 2.32. The lowest BCUT2D eigenvalue weighted by Crippen LogP contribution is -2.01. The zero-order chi connectivity index (χ0) is 11.5. The minimum Gasteiger partial charge on any atom is -0.394 e. The number of hydrogen-bond acceptors (Lipinski definition) is 2. The van der Waals surface area contributed by atoms with E-state index in [1.54, 1.807) is 30.1 Å². The Bertz CT molecular complexity index is 494. The van der Waals surface area contributed by atoms with E-state index in [2.05, 4.69) is 5.10 Å². The number of rotatable bonds is 3. The Kier molecular flexibility index (Phi) is 3.01. The molecule has 2 aromatic rings. The van der Waals surface area contributed by atoms with E-state index < -0.39 is 0 Å². The third-order valence-corrected chi connectivity index (χ3v) is 2.54. The highest BCUT2D eigenvalue weighted by Crippen LogP contribution is 2.24. The summed E-state index contributed by atoms with van der Waals surface area (Å²) in [5.74, 6) is -0.215. The van der Waals surface area contributed by atoms with Crippen LogP contribution in [0.1, 0.15) is 5.56 Å². The summed E-state index contributed by atoms with van der Waals surface area (Å²) in [7, 11) is 0. The highest BCUT2D eigenvalue weighted by molar-refractivity contribution is 5.65. The normalized spacial score (nSPS) is 10.7. The lowest BCUT2D eigenvalue weighted by molar-refractivity contribution is 0.269. The monoisotopic (exact) mass is 220 g/mol. The number of halogens is 1. The number of hydrogen-bond donors (Lipinski definition) is 1. The van der Waals surface area contributed by atoms with E-state index >= 15 is 0 Å². The van der Waals surface area contributed by atoms with Gasteiger partial charge in [0.25, 0.3) is 0 Å². The number of benzene rings is 1. The molecule has 1 aromatic carbocycles. The minimum atomic E-state index is -0.215. The van der Waals surface area contributed by atoms with Crippen LogP contribution >= 0.6 is 0 Å². The first-order valence-electron chi connectivity index (χ1n) is 5.11. The Morgan fingerprint density at radius 1 is 1.44 bits per heavy atom. The van der Waals surface area contributed by atoms with E-state index in [1.807, 2.05) is 6.07 Å². The molecule has 1 aromatic heterocycles. The van der Waals surface area contributed by atoms with Crippen LogP contribution in [0.2, 0.25) is 0 Å². The molecule has 0 saturated carbocycles. The van der Waals surface area contributed by atoms with Crippen molar-refractivity contribution in [1.29, 1.82) is 0 Å². The second-order valence-corrected chi connectivity index (χ2v) is 3.63. The van der Waals surface area contributed by atoms with Gasteiger partial charge in [-0.05, 0) is 24.1 Å². The van der Waals surface area contributed by atoms with Crippen LogP contribution < -0.4 is 0 Å². The van der Waals surface area contributed by atoms with Crippen molar-refractivity contribution >= 4 is 0 Å². The van der Waals surface area contributed by atoms with Crippen molar-refractivity contribution < 1.29 is 9.50 Å². The first-order valence-corrected chi connectivity index (χ1v) is 5.11. The van der Waals surface area contributed by atoms with E-state index in [4.69, 9.17) is 5.11 Å². The number of aliphatic hydroxyl groups is 1. The molecular formula is C12H13FN2O. The molecule has 3 nitrogen and oxygen atoms in total. The molecule has 0 aliphatic heterocycles.